The van der Waals surface area contributed by atoms with Gasteiger partial charge >= 0.3 is 44.2 Å². The van der Waals surface area contributed by atoms with Crippen LogP contribution in [0.2, 0.25) is 0 Å². The Morgan fingerprint density at radius 3 is 1.40 bits per heavy atom. The molecule has 0 aliphatic rings. The number of rotatable bonds is 2. The van der Waals surface area contributed by atoms with Gasteiger partial charge in [-0.1, -0.05) is 0 Å². The summed E-state index contributed by atoms with van der Waals surface area (Å²) < 4.78 is 3.36. The van der Waals surface area contributed by atoms with Crippen molar-refractivity contribution >= 4 is 62.6 Å². The van der Waals surface area contributed by atoms with Crippen LogP contribution in [0.1, 0.15) is 0 Å². The maximum absolute atomic E-state index is 9.35. The van der Waals surface area contributed by atoms with E-state index in [1.54, 1.807) is 0 Å². The minimum Gasteiger partial charge on any atom is -0.833 e. The summed E-state index contributed by atoms with van der Waals surface area (Å²) in [5.41, 5.74) is 0. The summed E-state index contributed by atoms with van der Waals surface area (Å²) in [7, 11) is -4.56. The molecule has 0 rings (SSSR count). The molecule has 10 heavy (non-hydrogen) atoms. The van der Waals surface area contributed by atoms with Crippen LogP contribution >= 0.6 is 48.0 Å². The molecule has 56 valence electrons. The molecule has 0 saturated carbocycles. The Labute approximate surface area is 115 Å². The van der Waals surface area contributed by atoms with E-state index in [-0.39, 0.29) is 77.5 Å². The minimum absolute atomic E-state index is 0. The van der Waals surface area contributed by atoms with Crippen molar-refractivity contribution in [3.8, 4) is 0 Å². The Morgan fingerprint density at radius 1 is 1.10 bits per heavy atom. The molecule has 0 aromatic carbocycles. The van der Waals surface area contributed by atoms with Gasteiger partial charge in [0.25, 0.3) is 0 Å². The molecule has 5 nitrogen and oxygen atoms in total. The van der Waals surface area contributed by atoms with Crippen molar-refractivity contribution in [2.45, 2.75) is 0 Å². The van der Waals surface area contributed by atoms with E-state index in [1.807, 2.05) is 0 Å². The van der Waals surface area contributed by atoms with Gasteiger partial charge in [-0.05, 0) is 0 Å². The van der Waals surface area contributed by atoms with Crippen molar-refractivity contribution < 1.29 is 54.2 Å². The molecule has 0 saturated heterocycles. The molecule has 10 heteroatoms. The molecule has 0 aromatic rings. The Bertz CT molecular complexity index is 46.9. The van der Waals surface area contributed by atoms with Crippen LogP contribution in [-0.4, -0.2) is 29.7 Å². The van der Waals surface area contributed by atoms with Gasteiger partial charge in [0.2, 0.25) is 0 Å². The summed E-state index contributed by atoms with van der Waals surface area (Å²) in [6, 6.07) is 0. The van der Waals surface area contributed by atoms with Crippen molar-refractivity contribution in [3.05, 3.63) is 0 Å². The van der Waals surface area contributed by atoms with Crippen LogP contribution < -0.4 is 34.6 Å². The second-order valence-electron chi connectivity index (χ2n) is 0.769. The summed E-state index contributed by atoms with van der Waals surface area (Å²) in [5, 5.41) is 32.4. The SMILES string of the molecule is I.I.[Na+].[O-]B(O)OB(O)O. The van der Waals surface area contributed by atoms with Gasteiger partial charge in [0, 0.05) is 0 Å². The monoisotopic (exact) mass is 384 g/mol. The fraction of sp³-hybridized carbons (Fsp3) is 0. The van der Waals surface area contributed by atoms with Gasteiger partial charge in [-0.15, -0.1) is 48.0 Å². The topological polar surface area (TPSA) is 93.0 Å². The van der Waals surface area contributed by atoms with E-state index in [0.29, 0.717) is 0 Å². The Hall–Kier alpha value is 2.39. The molecule has 0 spiro atoms. The molecule has 0 aromatic heterocycles. The summed E-state index contributed by atoms with van der Waals surface area (Å²) in [6.07, 6.45) is 0. The Balaban J connectivity index is -0.0000000600. The third-order valence-corrected chi connectivity index (χ3v) is 0.238. The molecule has 0 heterocycles. The Kier molecular flexibility index (Phi) is 31.8. The maximum atomic E-state index is 9.35. The van der Waals surface area contributed by atoms with Gasteiger partial charge in [-0.3, -0.25) is 0 Å². The van der Waals surface area contributed by atoms with E-state index < -0.39 is 14.6 Å². The predicted molar refractivity (Wildman–Crippen MR) is 50.1 cm³/mol. The second kappa shape index (κ2) is 13.9. The molecule has 0 amide bonds. The Morgan fingerprint density at radius 2 is 1.40 bits per heavy atom. The fourth-order valence-corrected chi connectivity index (χ4v) is 0.104. The summed E-state index contributed by atoms with van der Waals surface area (Å²) in [4.78, 5) is 0. The van der Waals surface area contributed by atoms with Crippen molar-refractivity contribution in [1.29, 1.82) is 0 Å². The number of halogens is 2. The standard InChI is InChI=1S/B2H3O5.2HI.Na/c3-1(4)7-2(5)6;;;/h3-5H;2*1H;/q-1;;;+1. The molecule has 0 aliphatic carbocycles. The van der Waals surface area contributed by atoms with E-state index in [4.69, 9.17) is 15.1 Å². The molecule has 0 fully saturated rings. The largest absolute Gasteiger partial charge is 1.00 e. The van der Waals surface area contributed by atoms with E-state index >= 15 is 0 Å². The van der Waals surface area contributed by atoms with Crippen molar-refractivity contribution in [2.24, 2.45) is 0 Å². The second-order valence-corrected chi connectivity index (χ2v) is 0.769. The maximum Gasteiger partial charge on any atom is 1.00 e. The third-order valence-electron chi connectivity index (χ3n) is 0.238. The van der Waals surface area contributed by atoms with E-state index in [0.717, 1.165) is 0 Å². The van der Waals surface area contributed by atoms with Crippen LogP contribution in [-0.2, 0) is 4.57 Å². The molecule has 0 atom stereocenters. The molecule has 0 unspecified atom stereocenters. The quantitative estimate of drug-likeness (QED) is 0.327. The van der Waals surface area contributed by atoms with Gasteiger partial charge in [0.05, 0.1) is 0 Å². The van der Waals surface area contributed by atoms with Crippen LogP contribution in [0.25, 0.3) is 0 Å². The first-order valence-corrected chi connectivity index (χ1v) is 1.48. The van der Waals surface area contributed by atoms with Gasteiger partial charge < -0.3 is 24.7 Å². The fourth-order valence-electron chi connectivity index (χ4n) is 0.104. The first-order valence-electron chi connectivity index (χ1n) is 1.48. The average molecular weight is 383 g/mol. The van der Waals surface area contributed by atoms with Crippen LogP contribution in [0.5, 0.6) is 0 Å². The smallest absolute Gasteiger partial charge is 0.833 e. The summed E-state index contributed by atoms with van der Waals surface area (Å²) >= 11 is 0. The van der Waals surface area contributed by atoms with Gasteiger partial charge in [0.1, 0.15) is 0 Å². The zero-order valence-corrected chi connectivity index (χ0v) is 11.8. The third kappa shape index (κ3) is 22.4. The summed E-state index contributed by atoms with van der Waals surface area (Å²) in [6.45, 7) is 0. The number of hydrogen-bond donors (Lipinski definition) is 3. The molecular weight excluding hydrogens is 378 g/mol. The first-order chi connectivity index (χ1) is 3.13. The van der Waals surface area contributed by atoms with Gasteiger partial charge in [0.15, 0.2) is 0 Å². The molecule has 0 aliphatic heterocycles. The molecule has 3 N–H and O–H groups in total. The zero-order chi connectivity index (χ0) is 5.86. The van der Waals surface area contributed by atoms with Crippen molar-refractivity contribution in [2.75, 3.05) is 0 Å². The first kappa shape index (κ1) is 22.8. The van der Waals surface area contributed by atoms with E-state index in [2.05, 4.69) is 4.57 Å². The average Bonchev–Trinajstić information content (AvgIpc) is 1.27. The van der Waals surface area contributed by atoms with Crippen molar-refractivity contribution in [3.63, 3.8) is 0 Å². The molecular formula is H5B2I2NaO5. The van der Waals surface area contributed by atoms with E-state index in [1.165, 1.54) is 0 Å². The summed E-state index contributed by atoms with van der Waals surface area (Å²) in [5.74, 6) is 0. The normalized spacial score (nSPS) is 6.00. The molecule has 0 radical (unpaired) electrons. The van der Waals surface area contributed by atoms with Crippen LogP contribution in [0.4, 0.5) is 0 Å². The van der Waals surface area contributed by atoms with Gasteiger partial charge in [-0.25, -0.2) is 0 Å². The van der Waals surface area contributed by atoms with Crippen LogP contribution in [0, 0.1) is 0 Å². The minimum atomic E-state index is -2.38. The van der Waals surface area contributed by atoms with Crippen molar-refractivity contribution in [1.82, 2.24) is 0 Å². The van der Waals surface area contributed by atoms with Gasteiger partial charge in [-0.2, -0.15) is 0 Å². The van der Waals surface area contributed by atoms with Crippen LogP contribution in [0.3, 0.4) is 0 Å². The molecule has 0 bridgehead atoms. The van der Waals surface area contributed by atoms with Crippen LogP contribution in [0.15, 0.2) is 0 Å². The predicted octanol–water partition coefficient (Wildman–Crippen LogP) is -5.45. The zero-order valence-electron chi connectivity index (χ0n) is 5.13. The number of hydrogen-bond acceptors (Lipinski definition) is 5. The van der Waals surface area contributed by atoms with E-state index in [9.17, 15) is 5.02 Å².